The lowest BCUT2D eigenvalue weighted by atomic mass is 9.98. The molecule has 278 valence electrons. The lowest BCUT2D eigenvalue weighted by Gasteiger charge is -2.44. The Morgan fingerprint density at radius 3 is 1.62 bits per heavy atom. The third-order valence-corrected chi connectivity index (χ3v) is 12.8. The number of thioether (sulfide) groups is 1. The molecule has 1 fully saturated rings. The van der Waals surface area contributed by atoms with Gasteiger partial charge in [0, 0.05) is 7.11 Å². The van der Waals surface area contributed by atoms with Crippen molar-refractivity contribution in [3.63, 3.8) is 0 Å². The van der Waals surface area contributed by atoms with Crippen molar-refractivity contribution in [2.75, 3.05) is 25.4 Å². The van der Waals surface area contributed by atoms with Gasteiger partial charge in [-0.2, -0.15) is 0 Å². The van der Waals surface area contributed by atoms with Gasteiger partial charge in [-0.1, -0.05) is 91.9 Å². The normalized spacial score (nSPS) is 21.1. The van der Waals surface area contributed by atoms with E-state index in [0.29, 0.717) is 5.75 Å². The van der Waals surface area contributed by atoms with Crippen molar-refractivity contribution in [1.29, 1.82) is 0 Å². The molecule has 12 nitrogen and oxygen atoms in total. The van der Waals surface area contributed by atoms with Crippen molar-refractivity contribution in [2.45, 2.75) is 43.4 Å². The molecular weight excluding hydrogens is 742 g/mol. The number of hydrogen-bond donors (Lipinski definition) is 0. The second kappa shape index (κ2) is 19.8. The summed E-state index contributed by atoms with van der Waals surface area (Å²) in [4.78, 5) is 40.7. The highest BCUT2D eigenvalue weighted by Gasteiger charge is 2.53. The van der Waals surface area contributed by atoms with Crippen molar-refractivity contribution in [1.82, 2.24) is 0 Å². The predicted molar refractivity (Wildman–Crippen MR) is 198 cm³/mol. The number of hydrogen-bond acceptors (Lipinski definition) is 13. The molecule has 4 aromatic carbocycles. The Bertz CT molecular complexity index is 1850. The van der Waals surface area contributed by atoms with Crippen LogP contribution in [0.25, 0.3) is 0 Å². The van der Waals surface area contributed by atoms with Crippen LogP contribution in [0.4, 0.5) is 0 Å². The van der Waals surface area contributed by atoms with E-state index in [0.717, 1.165) is 12.7 Å². The van der Waals surface area contributed by atoms with Crippen LogP contribution in [0.3, 0.4) is 0 Å². The van der Waals surface area contributed by atoms with Gasteiger partial charge in [-0.05, 0) is 52.3 Å². The minimum absolute atomic E-state index is 0.0104. The Hall–Kier alpha value is -4.19. The van der Waals surface area contributed by atoms with Gasteiger partial charge in [0.2, 0.25) is 0 Å². The average molecular weight is 782 g/mol. The van der Waals surface area contributed by atoms with Gasteiger partial charge in [-0.15, -0.1) is 16.3 Å². The molecule has 5 rings (SSSR count). The van der Waals surface area contributed by atoms with E-state index < -0.39 is 75.9 Å². The van der Waals surface area contributed by atoms with Crippen molar-refractivity contribution >= 4 is 45.3 Å². The van der Waals surface area contributed by atoms with E-state index in [4.69, 9.17) is 32.5 Å². The van der Waals surface area contributed by atoms with Gasteiger partial charge in [0.25, 0.3) is 5.90 Å². The molecule has 1 aliphatic heterocycles. The molecule has 0 N–H and O–H groups in total. The fraction of sp³-hybridized carbons (Fsp3) is 0.289. The Morgan fingerprint density at radius 1 is 0.698 bits per heavy atom. The van der Waals surface area contributed by atoms with E-state index in [1.54, 1.807) is 91.0 Å². The third kappa shape index (κ3) is 11.4. The topological polar surface area (TPSA) is 150 Å². The second-order valence-corrected chi connectivity index (χ2v) is 16.8. The zero-order valence-corrected chi connectivity index (χ0v) is 31.6. The van der Waals surface area contributed by atoms with Gasteiger partial charge in [0.05, 0.1) is 23.3 Å². The zero-order chi connectivity index (χ0) is 37.6. The third-order valence-electron chi connectivity index (χ3n) is 7.90. The zero-order valence-electron chi connectivity index (χ0n) is 29.0. The van der Waals surface area contributed by atoms with Crippen LogP contribution in [0.1, 0.15) is 43.6 Å². The standard InChI is InChI=1S/C38H39O12P2S/c1-3-53-38-34(50-37(41)30-22-14-7-15-23-30)33(49-36(40)29-20-12-6-13-21-29)32(48-35(39)28-18-10-5-11-19-28)31(47-38)25-46-52(43,44-2)26-51(42)45-24-27-16-8-4-9-17-27/h4-23,31-34,38H,3,24-26H2,1-2H3/q+1/t31-,32+,33+,34-,38+,52?/m1/s1. The van der Waals surface area contributed by atoms with E-state index in [1.165, 1.54) is 23.9 Å². The van der Waals surface area contributed by atoms with Crippen molar-refractivity contribution < 1.29 is 56.0 Å². The summed E-state index contributed by atoms with van der Waals surface area (Å²) >= 11 is 1.25. The molecule has 1 heterocycles. The molecule has 2 unspecified atom stereocenters. The Labute approximate surface area is 312 Å². The summed E-state index contributed by atoms with van der Waals surface area (Å²) in [7, 11) is -5.46. The number of ether oxygens (including phenoxy) is 4. The second-order valence-electron chi connectivity index (χ2n) is 11.5. The summed E-state index contributed by atoms with van der Waals surface area (Å²) < 4.78 is 67.7. The minimum Gasteiger partial charge on any atom is -0.452 e. The van der Waals surface area contributed by atoms with Crippen LogP contribution in [0.15, 0.2) is 121 Å². The molecule has 0 bridgehead atoms. The molecular formula is C38H39O12P2S+. The molecule has 0 aliphatic carbocycles. The van der Waals surface area contributed by atoms with Crippen molar-refractivity contribution in [3.8, 4) is 0 Å². The lowest BCUT2D eigenvalue weighted by Crippen LogP contribution is -2.61. The molecule has 1 aliphatic rings. The number of carbonyl (C=O) groups is 3. The molecule has 0 radical (unpaired) electrons. The van der Waals surface area contributed by atoms with Crippen LogP contribution >= 0.6 is 27.4 Å². The predicted octanol–water partition coefficient (Wildman–Crippen LogP) is 7.91. The highest BCUT2D eigenvalue weighted by atomic mass is 32.2. The van der Waals surface area contributed by atoms with E-state index >= 15 is 0 Å². The van der Waals surface area contributed by atoms with Crippen LogP contribution in [-0.4, -0.2) is 73.1 Å². The first-order valence-corrected chi connectivity index (χ1v) is 20.8. The lowest BCUT2D eigenvalue weighted by molar-refractivity contribution is -0.205. The van der Waals surface area contributed by atoms with E-state index in [-0.39, 0.29) is 23.3 Å². The van der Waals surface area contributed by atoms with Crippen molar-refractivity contribution in [3.05, 3.63) is 144 Å². The highest BCUT2D eigenvalue weighted by molar-refractivity contribution is 7.99. The quantitative estimate of drug-likeness (QED) is 0.0581. The first kappa shape index (κ1) is 40.0. The number of carbonyl (C=O) groups excluding carboxylic acids is 3. The van der Waals surface area contributed by atoms with Gasteiger partial charge in [0.1, 0.15) is 18.1 Å². The molecule has 0 aromatic heterocycles. The van der Waals surface area contributed by atoms with E-state index in [2.05, 4.69) is 0 Å². The van der Waals surface area contributed by atoms with Crippen LogP contribution in [-0.2, 0) is 48.3 Å². The number of benzene rings is 4. The fourth-order valence-corrected chi connectivity index (χ4v) is 9.22. The summed E-state index contributed by atoms with van der Waals surface area (Å²) in [5, 5.41) is 0. The van der Waals surface area contributed by atoms with Gasteiger partial charge < -0.3 is 28.0 Å². The summed E-state index contributed by atoms with van der Waals surface area (Å²) in [6.07, 6.45) is -5.45. The molecule has 1 saturated heterocycles. The first-order valence-electron chi connectivity index (χ1n) is 16.7. The maximum atomic E-state index is 13.8. The largest absolute Gasteiger partial charge is 0.521 e. The average Bonchev–Trinajstić information content (AvgIpc) is 3.19. The Kier molecular flexibility index (Phi) is 14.9. The van der Waals surface area contributed by atoms with Crippen LogP contribution in [0.2, 0.25) is 0 Å². The molecule has 4 aromatic rings. The maximum absolute atomic E-state index is 13.8. The molecule has 53 heavy (non-hydrogen) atoms. The number of rotatable bonds is 17. The van der Waals surface area contributed by atoms with Gasteiger partial charge >= 0.3 is 33.5 Å². The Morgan fingerprint density at radius 2 is 1.15 bits per heavy atom. The van der Waals surface area contributed by atoms with E-state index in [1.807, 2.05) is 25.1 Å². The minimum atomic E-state index is -4.10. The van der Waals surface area contributed by atoms with Crippen molar-refractivity contribution in [2.24, 2.45) is 0 Å². The molecule has 0 spiro atoms. The SMILES string of the molecule is CCS[C@@H]1O[C@H](COP(=O)(C[P+](=O)OCc2ccccc2)OC)[C@H](OC(=O)c2ccccc2)[C@H](OC(=O)c2ccccc2)[C@H]1OC(=O)c1ccccc1. The van der Waals surface area contributed by atoms with Crippen LogP contribution in [0, 0.1) is 0 Å². The van der Waals surface area contributed by atoms with E-state index in [9.17, 15) is 23.5 Å². The molecule has 15 heteroatoms. The van der Waals surface area contributed by atoms with Crippen LogP contribution in [0.5, 0.6) is 0 Å². The smallest absolute Gasteiger partial charge is 0.452 e. The summed E-state index contributed by atoms with van der Waals surface area (Å²) in [6, 6.07) is 33.5. The summed E-state index contributed by atoms with van der Waals surface area (Å²) in [5.74, 6) is -2.42. The number of esters is 3. The summed E-state index contributed by atoms with van der Waals surface area (Å²) in [5.41, 5.74) is 0.387. The van der Waals surface area contributed by atoms with Gasteiger partial charge in [0.15, 0.2) is 18.3 Å². The summed E-state index contributed by atoms with van der Waals surface area (Å²) in [6.45, 7) is 1.34. The fourth-order valence-electron chi connectivity index (χ4n) is 5.25. The maximum Gasteiger partial charge on any atom is 0.521 e. The Balaban J connectivity index is 1.46. The van der Waals surface area contributed by atoms with Crippen LogP contribution < -0.4 is 0 Å². The van der Waals surface area contributed by atoms with Gasteiger partial charge in [-0.25, -0.2) is 14.4 Å². The van der Waals surface area contributed by atoms with Gasteiger partial charge in [-0.3, -0.25) is 4.57 Å². The molecule has 7 atom stereocenters. The first-order chi connectivity index (χ1) is 25.7. The monoisotopic (exact) mass is 781 g/mol. The highest BCUT2D eigenvalue weighted by Crippen LogP contribution is 2.55. The molecule has 0 amide bonds. The molecule has 0 saturated carbocycles.